The van der Waals surface area contributed by atoms with Crippen LogP contribution in [0.5, 0.6) is 0 Å². The van der Waals surface area contributed by atoms with E-state index in [1.165, 1.54) is 0 Å². The van der Waals surface area contributed by atoms with Crippen molar-refractivity contribution < 1.29 is 68.5 Å². The Balaban J connectivity index is -0.00000000500. The number of nitriles is 2. The normalized spacial score (nSPS) is 0.667. The first-order valence-corrected chi connectivity index (χ1v) is 0.516. The maximum absolute atomic E-state index is 6.50. The van der Waals surface area contributed by atoms with Gasteiger partial charge in [0, 0.05) is 30.2 Å². The molecule has 0 unspecified atom stereocenters. The summed E-state index contributed by atoms with van der Waals surface area (Å²) in [4.78, 5) is 0. The third kappa shape index (κ3) is 68.1. The molecule has 0 saturated carbocycles. The van der Waals surface area contributed by atoms with Crippen LogP contribution in [-0.4, -0.2) is 0 Å². The van der Waals surface area contributed by atoms with Crippen LogP contribution in [0.3, 0.4) is 0 Å². The zero-order valence-electron chi connectivity index (χ0n) is 3.35. The van der Waals surface area contributed by atoms with Crippen LogP contribution in [-0.2, 0) is 17.1 Å². The molecule has 1 radical (unpaired) electrons. The molecular weight excluding hydrogens is 155 g/mol. The summed E-state index contributed by atoms with van der Waals surface area (Å²) >= 11 is 0. The molecule has 0 atom stereocenters. The van der Waals surface area contributed by atoms with Crippen molar-refractivity contribution in [2.75, 3.05) is 0 Å². The topological polar surface area (TPSA) is 47.6 Å². The van der Waals surface area contributed by atoms with Gasteiger partial charge >= 0.3 is 51.4 Å². The zero-order chi connectivity index (χ0) is 4.00. The minimum Gasteiger partial charge on any atom is -0.202 e. The van der Waals surface area contributed by atoms with Gasteiger partial charge in [-0.25, -0.2) is 10.5 Å². The Hall–Kier alpha value is 1.14. The molecule has 0 aromatic carbocycles. The van der Waals surface area contributed by atoms with E-state index in [0.29, 0.717) is 0 Å². The summed E-state index contributed by atoms with van der Waals surface area (Å²) in [5.74, 6) is 0. The molecule has 31 valence electrons. The molecule has 0 aliphatic carbocycles. The van der Waals surface area contributed by atoms with Crippen molar-refractivity contribution in [3.63, 3.8) is 0 Å². The van der Waals surface area contributed by atoms with E-state index in [4.69, 9.17) is 10.5 Å². The summed E-state index contributed by atoms with van der Waals surface area (Å²) in [5, 5.41) is 13.0. The molecule has 0 spiro atoms. The van der Waals surface area contributed by atoms with Crippen molar-refractivity contribution in [1.29, 1.82) is 10.5 Å². The Morgan fingerprint density at radius 1 is 0.833 bits per heavy atom. The molecular formula is C2H2CuKN2+. The van der Waals surface area contributed by atoms with Gasteiger partial charge in [0.2, 0.25) is 0 Å². The molecule has 0 aromatic heterocycles. The molecule has 6 heavy (non-hydrogen) atoms. The van der Waals surface area contributed by atoms with Crippen LogP contribution in [0.25, 0.3) is 0 Å². The zero-order valence-corrected chi connectivity index (χ0v) is 7.42. The molecule has 0 saturated heterocycles. The van der Waals surface area contributed by atoms with Gasteiger partial charge in [-0.2, -0.15) is 0 Å². The molecule has 0 aliphatic heterocycles. The van der Waals surface area contributed by atoms with E-state index < -0.39 is 0 Å². The van der Waals surface area contributed by atoms with Gasteiger partial charge in [-0.15, -0.1) is 0 Å². The predicted molar refractivity (Wildman–Crippen MR) is 13.3 cm³/mol. The van der Waals surface area contributed by atoms with Gasteiger partial charge in [-0.05, 0) is 0 Å². The van der Waals surface area contributed by atoms with Crippen LogP contribution in [0, 0.1) is 23.7 Å². The van der Waals surface area contributed by atoms with E-state index in [1.807, 2.05) is 0 Å². The number of hydrogen-bond acceptors (Lipinski definition) is 2. The second kappa shape index (κ2) is 125. The monoisotopic (exact) mass is 156 g/mol. The standard InChI is InChI=1S/2CHN.Cu.K/c2*1-2;;/h2*1H;;/q;;;+1. The van der Waals surface area contributed by atoms with Crippen LogP contribution in [0.2, 0.25) is 0 Å². The van der Waals surface area contributed by atoms with Gasteiger partial charge in [0.15, 0.2) is 0 Å². The fraction of sp³-hybridized carbons (Fsp3) is 0. The summed E-state index contributed by atoms with van der Waals surface area (Å²) in [6.07, 6.45) is 0. The number of rotatable bonds is 0. The molecule has 0 rings (SSSR count). The molecule has 0 amide bonds. The first-order chi connectivity index (χ1) is 2.00. The summed E-state index contributed by atoms with van der Waals surface area (Å²) in [5.41, 5.74) is 0. The van der Waals surface area contributed by atoms with Crippen molar-refractivity contribution in [2.45, 2.75) is 0 Å². The quantitative estimate of drug-likeness (QED) is 0.358. The first-order valence-electron chi connectivity index (χ1n) is 0.516. The second-order valence-corrected chi connectivity index (χ2v) is 0. The average molecular weight is 157 g/mol. The largest absolute Gasteiger partial charge is 1.00 e. The summed E-state index contributed by atoms with van der Waals surface area (Å²) in [6.45, 7) is 7.00. The molecule has 0 N–H and O–H groups in total. The van der Waals surface area contributed by atoms with Crippen molar-refractivity contribution in [3.05, 3.63) is 0 Å². The SMILES string of the molecule is C#N.C#N.[Cu].[K+]. The van der Waals surface area contributed by atoms with Crippen LogP contribution in [0.1, 0.15) is 0 Å². The van der Waals surface area contributed by atoms with Crippen LogP contribution >= 0.6 is 0 Å². The fourth-order valence-electron chi connectivity index (χ4n) is 0. The summed E-state index contributed by atoms with van der Waals surface area (Å²) in [7, 11) is 0. The van der Waals surface area contributed by atoms with Crippen molar-refractivity contribution in [2.24, 2.45) is 0 Å². The minimum atomic E-state index is 0. The van der Waals surface area contributed by atoms with E-state index in [1.54, 1.807) is 0 Å². The van der Waals surface area contributed by atoms with Crippen molar-refractivity contribution in [1.82, 2.24) is 0 Å². The Bertz CT molecular complexity index is 27.0. The molecule has 0 aromatic rings. The van der Waals surface area contributed by atoms with Crippen molar-refractivity contribution >= 4 is 0 Å². The molecule has 0 aliphatic rings. The maximum atomic E-state index is 6.50. The van der Waals surface area contributed by atoms with Crippen LogP contribution in [0.15, 0.2) is 0 Å². The first kappa shape index (κ1) is 27.3. The maximum Gasteiger partial charge on any atom is 1.00 e. The Morgan fingerprint density at radius 3 is 0.833 bits per heavy atom. The Morgan fingerprint density at radius 2 is 0.833 bits per heavy atom. The number of hydrogen-bond donors (Lipinski definition) is 0. The molecule has 0 heterocycles. The Kier molecular flexibility index (Phi) is 571. The fourth-order valence-corrected chi connectivity index (χ4v) is 0. The Labute approximate surface area is 90.4 Å². The van der Waals surface area contributed by atoms with Gasteiger partial charge in [0.1, 0.15) is 0 Å². The third-order valence-corrected chi connectivity index (χ3v) is 0. The smallest absolute Gasteiger partial charge is 0.202 e. The van der Waals surface area contributed by atoms with E-state index in [-0.39, 0.29) is 68.5 Å². The summed E-state index contributed by atoms with van der Waals surface area (Å²) < 4.78 is 0. The number of nitrogens with zero attached hydrogens (tertiary/aromatic N) is 2. The molecule has 0 bridgehead atoms. The van der Waals surface area contributed by atoms with E-state index in [2.05, 4.69) is 13.1 Å². The van der Waals surface area contributed by atoms with Gasteiger partial charge in [0.25, 0.3) is 0 Å². The third-order valence-electron chi connectivity index (χ3n) is 0. The van der Waals surface area contributed by atoms with E-state index >= 15 is 0 Å². The van der Waals surface area contributed by atoms with Gasteiger partial charge < -0.3 is 0 Å². The summed E-state index contributed by atoms with van der Waals surface area (Å²) in [6, 6.07) is 0. The molecule has 2 nitrogen and oxygen atoms in total. The molecule has 4 heteroatoms. The second-order valence-electron chi connectivity index (χ2n) is 0. The van der Waals surface area contributed by atoms with E-state index in [0.717, 1.165) is 0 Å². The van der Waals surface area contributed by atoms with E-state index in [9.17, 15) is 0 Å². The van der Waals surface area contributed by atoms with Gasteiger partial charge in [-0.1, -0.05) is 0 Å². The minimum absolute atomic E-state index is 0. The molecule has 0 fully saturated rings. The average Bonchev–Trinajstić information content (AvgIpc) is 1.50. The van der Waals surface area contributed by atoms with Gasteiger partial charge in [-0.3, -0.25) is 0 Å². The predicted octanol–water partition coefficient (Wildman–Crippen LogP) is -2.72. The van der Waals surface area contributed by atoms with Crippen LogP contribution < -0.4 is 51.4 Å². The van der Waals surface area contributed by atoms with Gasteiger partial charge in [0.05, 0.1) is 0 Å². The van der Waals surface area contributed by atoms with Crippen LogP contribution in [0.4, 0.5) is 0 Å². The van der Waals surface area contributed by atoms with Crippen molar-refractivity contribution in [3.8, 4) is 13.1 Å².